The number of fused-ring (bicyclic) bond motifs is 1. The molecule has 2 saturated heterocycles. The Morgan fingerprint density at radius 1 is 1.14 bits per heavy atom. The van der Waals surface area contributed by atoms with Crippen molar-refractivity contribution in [2.24, 2.45) is 5.92 Å². The van der Waals surface area contributed by atoms with Crippen LogP contribution >= 0.6 is 0 Å². The van der Waals surface area contributed by atoms with Crippen LogP contribution in [0.2, 0.25) is 0 Å². The number of piperidine rings is 1. The van der Waals surface area contributed by atoms with E-state index >= 15 is 0 Å². The number of benzene rings is 1. The van der Waals surface area contributed by atoms with Crippen molar-refractivity contribution < 1.29 is 14.3 Å². The van der Waals surface area contributed by atoms with Gasteiger partial charge in [-0.15, -0.1) is 0 Å². The first kappa shape index (κ1) is 13.9. The zero-order chi connectivity index (χ0) is 14.9. The van der Waals surface area contributed by atoms with Gasteiger partial charge in [0.1, 0.15) is 0 Å². The SMILES string of the molecule is O=C(C1CCNCC1)N1CCCC1c1ccc2c(c1)OCO2. The lowest BCUT2D eigenvalue weighted by molar-refractivity contribution is -0.137. The summed E-state index contributed by atoms with van der Waals surface area (Å²) in [6.45, 7) is 3.08. The van der Waals surface area contributed by atoms with Gasteiger partial charge < -0.3 is 19.7 Å². The normalized spacial score (nSPS) is 24.7. The van der Waals surface area contributed by atoms with E-state index in [0.717, 1.165) is 56.8 Å². The number of likely N-dealkylation sites (tertiary alicyclic amines) is 1. The molecule has 1 atom stereocenters. The summed E-state index contributed by atoms with van der Waals surface area (Å²) < 4.78 is 10.9. The number of hydrogen-bond acceptors (Lipinski definition) is 4. The van der Waals surface area contributed by atoms with Crippen molar-refractivity contribution >= 4 is 5.91 Å². The molecular formula is C17H22N2O3. The largest absolute Gasteiger partial charge is 0.454 e. The summed E-state index contributed by atoms with van der Waals surface area (Å²) in [5, 5.41) is 3.33. The molecule has 5 heteroatoms. The third-order valence-corrected chi connectivity index (χ3v) is 5.01. The fourth-order valence-corrected chi connectivity index (χ4v) is 3.80. The zero-order valence-corrected chi connectivity index (χ0v) is 12.7. The van der Waals surface area contributed by atoms with Crippen LogP contribution in [0, 0.1) is 5.92 Å². The van der Waals surface area contributed by atoms with Crippen LogP contribution in [-0.4, -0.2) is 37.2 Å². The third kappa shape index (κ3) is 2.43. The van der Waals surface area contributed by atoms with E-state index in [0.29, 0.717) is 12.7 Å². The average molecular weight is 302 g/mol. The Morgan fingerprint density at radius 3 is 2.82 bits per heavy atom. The molecule has 0 aliphatic carbocycles. The average Bonchev–Trinajstić information content (AvgIpc) is 3.23. The Bertz CT molecular complexity index is 569. The summed E-state index contributed by atoms with van der Waals surface area (Å²) in [7, 11) is 0. The van der Waals surface area contributed by atoms with Gasteiger partial charge in [-0.25, -0.2) is 0 Å². The number of amides is 1. The molecule has 22 heavy (non-hydrogen) atoms. The second kappa shape index (κ2) is 5.80. The molecule has 0 saturated carbocycles. The van der Waals surface area contributed by atoms with E-state index in [4.69, 9.17) is 9.47 Å². The number of carbonyl (C=O) groups is 1. The van der Waals surface area contributed by atoms with Gasteiger partial charge in [0.2, 0.25) is 12.7 Å². The highest BCUT2D eigenvalue weighted by atomic mass is 16.7. The Morgan fingerprint density at radius 2 is 1.95 bits per heavy atom. The maximum atomic E-state index is 12.9. The summed E-state index contributed by atoms with van der Waals surface area (Å²) in [6, 6.07) is 6.27. The number of rotatable bonds is 2. The summed E-state index contributed by atoms with van der Waals surface area (Å²) in [5.41, 5.74) is 1.17. The molecule has 1 amide bonds. The molecule has 1 aromatic carbocycles. The Kier molecular flexibility index (Phi) is 3.66. The van der Waals surface area contributed by atoms with Crippen molar-refractivity contribution in [2.45, 2.75) is 31.7 Å². The van der Waals surface area contributed by atoms with Crippen LogP contribution < -0.4 is 14.8 Å². The molecule has 1 unspecified atom stereocenters. The molecule has 5 nitrogen and oxygen atoms in total. The fourth-order valence-electron chi connectivity index (χ4n) is 3.80. The first-order chi connectivity index (χ1) is 10.8. The molecule has 0 radical (unpaired) electrons. The molecule has 1 N–H and O–H groups in total. The minimum atomic E-state index is 0.191. The highest BCUT2D eigenvalue weighted by molar-refractivity contribution is 5.79. The van der Waals surface area contributed by atoms with Crippen LogP contribution in [0.25, 0.3) is 0 Å². The van der Waals surface area contributed by atoms with Gasteiger partial charge in [0.15, 0.2) is 11.5 Å². The van der Waals surface area contributed by atoms with Gasteiger partial charge in [-0.3, -0.25) is 4.79 Å². The van der Waals surface area contributed by atoms with E-state index in [2.05, 4.69) is 16.3 Å². The van der Waals surface area contributed by atoms with Crippen LogP contribution in [0.4, 0.5) is 0 Å². The van der Waals surface area contributed by atoms with Gasteiger partial charge >= 0.3 is 0 Å². The lowest BCUT2D eigenvalue weighted by Crippen LogP contribution is -2.40. The first-order valence-electron chi connectivity index (χ1n) is 8.23. The Hall–Kier alpha value is -1.75. The molecule has 3 aliphatic heterocycles. The number of ether oxygens (including phenoxy) is 2. The van der Waals surface area contributed by atoms with E-state index in [1.54, 1.807) is 0 Å². The number of hydrogen-bond donors (Lipinski definition) is 1. The van der Waals surface area contributed by atoms with Gasteiger partial charge in [0.25, 0.3) is 0 Å². The highest BCUT2D eigenvalue weighted by Gasteiger charge is 2.34. The van der Waals surface area contributed by atoms with Gasteiger partial charge in [-0.2, -0.15) is 0 Å². The van der Waals surface area contributed by atoms with Gasteiger partial charge in [-0.1, -0.05) is 6.07 Å². The minimum absolute atomic E-state index is 0.191. The lowest BCUT2D eigenvalue weighted by Gasteiger charge is -2.31. The zero-order valence-electron chi connectivity index (χ0n) is 12.7. The number of nitrogens with one attached hydrogen (secondary N) is 1. The maximum absolute atomic E-state index is 12.9. The fraction of sp³-hybridized carbons (Fsp3) is 0.588. The van der Waals surface area contributed by atoms with Crippen molar-refractivity contribution in [3.8, 4) is 11.5 Å². The smallest absolute Gasteiger partial charge is 0.231 e. The van der Waals surface area contributed by atoms with Crippen LogP contribution in [0.5, 0.6) is 11.5 Å². The van der Waals surface area contributed by atoms with Crippen molar-refractivity contribution in [3.63, 3.8) is 0 Å². The summed E-state index contributed by atoms with van der Waals surface area (Å²) in [5.74, 6) is 2.13. The molecule has 3 aliphatic rings. The maximum Gasteiger partial charge on any atom is 0.231 e. The number of carbonyl (C=O) groups excluding carboxylic acids is 1. The molecule has 1 aromatic rings. The van der Waals surface area contributed by atoms with Crippen molar-refractivity contribution in [2.75, 3.05) is 26.4 Å². The van der Waals surface area contributed by atoms with E-state index in [1.807, 2.05) is 12.1 Å². The molecule has 0 bridgehead atoms. The quantitative estimate of drug-likeness (QED) is 0.909. The monoisotopic (exact) mass is 302 g/mol. The second-order valence-corrected chi connectivity index (χ2v) is 6.33. The molecule has 2 fully saturated rings. The second-order valence-electron chi connectivity index (χ2n) is 6.33. The van der Waals surface area contributed by atoms with Crippen molar-refractivity contribution in [1.82, 2.24) is 10.2 Å². The van der Waals surface area contributed by atoms with Crippen LogP contribution in [0.15, 0.2) is 18.2 Å². The van der Waals surface area contributed by atoms with Crippen molar-refractivity contribution in [3.05, 3.63) is 23.8 Å². The molecule has 4 rings (SSSR count). The molecule has 118 valence electrons. The van der Waals surface area contributed by atoms with Crippen LogP contribution in [0.1, 0.15) is 37.3 Å². The standard InChI is InChI=1S/C17H22N2O3/c20-17(12-5-7-18-8-6-12)19-9-1-2-14(19)13-3-4-15-16(10-13)22-11-21-15/h3-4,10,12,14,18H,1-2,5-9,11H2. The van der Waals surface area contributed by atoms with Crippen molar-refractivity contribution in [1.29, 1.82) is 0 Å². The summed E-state index contributed by atoms with van der Waals surface area (Å²) >= 11 is 0. The Balaban J connectivity index is 1.54. The topological polar surface area (TPSA) is 50.8 Å². The third-order valence-electron chi connectivity index (χ3n) is 5.01. The molecular weight excluding hydrogens is 280 g/mol. The molecule has 0 spiro atoms. The van der Waals surface area contributed by atoms with Gasteiger partial charge in [-0.05, 0) is 56.5 Å². The summed E-state index contributed by atoms with van der Waals surface area (Å²) in [6.07, 6.45) is 4.04. The number of nitrogens with zero attached hydrogens (tertiary/aromatic N) is 1. The van der Waals surface area contributed by atoms with Crippen LogP contribution in [0.3, 0.4) is 0 Å². The van der Waals surface area contributed by atoms with Gasteiger partial charge in [0, 0.05) is 12.5 Å². The van der Waals surface area contributed by atoms with Crippen LogP contribution in [-0.2, 0) is 4.79 Å². The summed E-state index contributed by atoms with van der Waals surface area (Å²) in [4.78, 5) is 15.0. The molecule has 0 aromatic heterocycles. The molecule has 3 heterocycles. The lowest BCUT2D eigenvalue weighted by atomic mass is 9.95. The van der Waals surface area contributed by atoms with E-state index in [1.165, 1.54) is 5.56 Å². The first-order valence-corrected chi connectivity index (χ1v) is 8.23. The van der Waals surface area contributed by atoms with E-state index < -0.39 is 0 Å². The predicted molar refractivity (Wildman–Crippen MR) is 81.8 cm³/mol. The Labute approximate surface area is 130 Å². The van der Waals surface area contributed by atoms with Gasteiger partial charge in [0.05, 0.1) is 6.04 Å². The highest BCUT2D eigenvalue weighted by Crippen LogP contribution is 2.39. The predicted octanol–water partition coefficient (Wildman–Crippen LogP) is 2.08. The minimum Gasteiger partial charge on any atom is -0.454 e. The van der Waals surface area contributed by atoms with E-state index in [9.17, 15) is 4.79 Å². The van der Waals surface area contributed by atoms with E-state index in [-0.39, 0.29) is 12.0 Å².